The molecule has 0 heterocycles. The van der Waals surface area contributed by atoms with Gasteiger partial charge < -0.3 is 24.8 Å². The standard InChI is InChI=1S/C24H24N2O5/c1-29-20-11-4-16(5-12-20)14-23(27)25-18-7-9-19(10-8-18)26-24(28)17-6-13-21(30-2)22(15-17)31-3/h4-13,15H,14H2,1-3H3,(H,25,27)(H,26,28). The van der Waals surface area contributed by atoms with E-state index in [1.807, 2.05) is 24.3 Å². The van der Waals surface area contributed by atoms with Gasteiger partial charge in [-0.25, -0.2) is 0 Å². The van der Waals surface area contributed by atoms with Crippen LogP contribution in [0.5, 0.6) is 17.2 Å². The fourth-order valence-corrected chi connectivity index (χ4v) is 2.95. The van der Waals surface area contributed by atoms with Crippen LogP contribution in [0.3, 0.4) is 0 Å². The Morgan fingerprint density at radius 1 is 0.710 bits per heavy atom. The minimum Gasteiger partial charge on any atom is -0.497 e. The highest BCUT2D eigenvalue weighted by Gasteiger charge is 2.11. The van der Waals surface area contributed by atoms with Crippen molar-refractivity contribution in [1.29, 1.82) is 0 Å². The number of methoxy groups -OCH3 is 3. The van der Waals surface area contributed by atoms with Gasteiger partial charge in [-0.3, -0.25) is 9.59 Å². The average Bonchev–Trinajstić information content (AvgIpc) is 2.80. The van der Waals surface area contributed by atoms with Gasteiger partial charge in [0.05, 0.1) is 27.8 Å². The molecular weight excluding hydrogens is 396 g/mol. The number of ether oxygens (including phenoxy) is 3. The molecule has 2 amide bonds. The predicted molar refractivity (Wildman–Crippen MR) is 119 cm³/mol. The quantitative estimate of drug-likeness (QED) is 0.572. The molecular formula is C24H24N2O5. The number of hydrogen-bond acceptors (Lipinski definition) is 5. The topological polar surface area (TPSA) is 85.9 Å². The number of carbonyl (C=O) groups is 2. The minimum atomic E-state index is -0.280. The number of nitrogens with one attached hydrogen (secondary N) is 2. The fourth-order valence-electron chi connectivity index (χ4n) is 2.95. The maximum absolute atomic E-state index is 12.5. The van der Waals surface area contributed by atoms with E-state index in [4.69, 9.17) is 14.2 Å². The molecule has 3 rings (SSSR count). The summed E-state index contributed by atoms with van der Waals surface area (Å²) in [6, 6.07) is 19.2. The third-order valence-electron chi connectivity index (χ3n) is 4.60. The van der Waals surface area contributed by atoms with Crippen LogP contribution in [-0.2, 0) is 11.2 Å². The van der Waals surface area contributed by atoms with Gasteiger partial charge >= 0.3 is 0 Å². The molecule has 0 fully saturated rings. The lowest BCUT2D eigenvalue weighted by Gasteiger charge is -2.11. The highest BCUT2D eigenvalue weighted by Crippen LogP contribution is 2.28. The van der Waals surface area contributed by atoms with Crippen molar-refractivity contribution in [3.05, 3.63) is 77.9 Å². The van der Waals surface area contributed by atoms with E-state index < -0.39 is 0 Å². The van der Waals surface area contributed by atoms with Crippen LogP contribution >= 0.6 is 0 Å². The average molecular weight is 420 g/mol. The van der Waals surface area contributed by atoms with Crippen molar-refractivity contribution in [3.63, 3.8) is 0 Å². The Bertz CT molecular complexity index is 1050. The summed E-state index contributed by atoms with van der Waals surface area (Å²) in [5, 5.41) is 5.66. The minimum absolute atomic E-state index is 0.132. The van der Waals surface area contributed by atoms with Gasteiger partial charge in [-0.2, -0.15) is 0 Å². The molecule has 0 saturated heterocycles. The van der Waals surface area contributed by atoms with Gasteiger partial charge in [0, 0.05) is 16.9 Å². The van der Waals surface area contributed by atoms with Crippen molar-refractivity contribution >= 4 is 23.2 Å². The molecule has 0 aliphatic heterocycles. The summed E-state index contributed by atoms with van der Waals surface area (Å²) in [7, 11) is 4.65. The van der Waals surface area contributed by atoms with E-state index in [1.54, 1.807) is 49.6 Å². The van der Waals surface area contributed by atoms with Crippen LogP contribution in [0.2, 0.25) is 0 Å². The Hall–Kier alpha value is -4.00. The van der Waals surface area contributed by atoms with Crippen molar-refractivity contribution in [1.82, 2.24) is 0 Å². The molecule has 0 atom stereocenters. The summed E-state index contributed by atoms with van der Waals surface area (Å²) in [5.41, 5.74) is 2.57. The number of amides is 2. The summed E-state index contributed by atoms with van der Waals surface area (Å²) in [5.74, 6) is 1.36. The van der Waals surface area contributed by atoms with Gasteiger partial charge in [0.1, 0.15) is 5.75 Å². The molecule has 0 unspecified atom stereocenters. The fraction of sp³-hybridized carbons (Fsp3) is 0.167. The number of carbonyl (C=O) groups excluding carboxylic acids is 2. The van der Waals surface area contributed by atoms with Crippen LogP contribution in [0.25, 0.3) is 0 Å². The summed E-state index contributed by atoms with van der Waals surface area (Å²) < 4.78 is 15.5. The molecule has 0 bridgehead atoms. The Morgan fingerprint density at radius 3 is 1.90 bits per heavy atom. The first kappa shape index (κ1) is 21.7. The van der Waals surface area contributed by atoms with Crippen molar-refractivity contribution in [2.24, 2.45) is 0 Å². The molecule has 2 N–H and O–H groups in total. The summed E-state index contributed by atoms with van der Waals surface area (Å²) in [6.45, 7) is 0. The van der Waals surface area contributed by atoms with Crippen LogP contribution in [0, 0.1) is 0 Å². The molecule has 0 spiro atoms. The summed E-state index contributed by atoms with van der Waals surface area (Å²) in [6.07, 6.45) is 0.252. The van der Waals surface area contributed by atoms with Crippen LogP contribution in [-0.4, -0.2) is 33.1 Å². The zero-order valence-corrected chi connectivity index (χ0v) is 17.6. The number of hydrogen-bond donors (Lipinski definition) is 2. The second kappa shape index (κ2) is 10.2. The third kappa shape index (κ3) is 5.76. The summed E-state index contributed by atoms with van der Waals surface area (Å²) >= 11 is 0. The maximum atomic E-state index is 12.5. The van der Waals surface area contributed by atoms with Gasteiger partial charge in [0.2, 0.25) is 5.91 Å². The van der Waals surface area contributed by atoms with E-state index >= 15 is 0 Å². The SMILES string of the molecule is COc1ccc(CC(=O)Nc2ccc(NC(=O)c3ccc(OC)c(OC)c3)cc2)cc1. The van der Waals surface area contributed by atoms with E-state index in [-0.39, 0.29) is 18.2 Å². The number of benzene rings is 3. The van der Waals surface area contributed by atoms with Crippen molar-refractivity contribution < 1.29 is 23.8 Å². The van der Waals surface area contributed by atoms with E-state index in [2.05, 4.69) is 10.6 Å². The molecule has 0 aliphatic carbocycles. The van der Waals surface area contributed by atoms with Crippen LogP contribution < -0.4 is 24.8 Å². The number of anilines is 2. The largest absolute Gasteiger partial charge is 0.497 e. The maximum Gasteiger partial charge on any atom is 0.255 e. The zero-order chi connectivity index (χ0) is 22.2. The molecule has 7 heteroatoms. The third-order valence-corrected chi connectivity index (χ3v) is 4.60. The van der Waals surface area contributed by atoms with Gasteiger partial charge in [-0.1, -0.05) is 12.1 Å². The first-order chi connectivity index (χ1) is 15.0. The predicted octanol–water partition coefficient (Wildman–Crippen LogP) is 4.15. The Kier molecular flexibility index (Phi) is 7.11. The zero-order valence-electron chi connectivity index (χ0n) is 17.6. The molecule has 0 aromatic heterocycles. The molecule has 160 valence electrons. The van der Waals surface area contributed by atoms with Crippen molar-refractivity contribution in [3.8, 4) is 17.2 Å². The Balaban J connectivity index is 1.58. The molecule has 7 nitrogen and oxygen atoms in total. The first-order valence-electron chi connectivity index (χ1n) is 9.58. The lowest BCUT2D eigenvalue weighted by Crippen LogP contribution is -2.15. The lowest BCUT2D eigenvalue weighted by atomic mass is 10.1. The normalized spacial score (nSPS) is 10.2. The van der Waals surface area contributed by atoms with Crippen molar-refractivity contribution in [2.75, 3.05) is 32.0 Å². The Labute approximate surface area is 180 Å². The summed E-state index contributed by atoms with van der Waals surface area (Å²) in [4.78, 5) is 24.8. The molecule has 0 aliphatic rings. The molecule has 0 radical (unpaired) electrons. The molecule has 3 aromatic rings. The van der Waals surface area contributed by atoms with Gasteiger partial charge in [0.25, 0.3) is 5.91 Å². The van der Waals surface area contributed by atoms with Gasteiger partial charge in [-0.05, 0) is 60.2 Å². The second-order valence-corrected chi connectivity index (χ2v) is 6.67. The highest BCUT2D eigenvalue weighted by molar-refractivity contribution is 6.04. The van der Waals surface area contributed by atoms with Crippen LogP contribution in [0.4, 0.5) is 11.4 Å². The lowest BCUT2D eigenvalue weighted by molar-refractivity contribution is -0.115. The smallest absolute Gasteiger partial charge is 0.255 e. The van der Waals surface area contributed by atoms with E-state index in [1.165, 1.54) is 14.2 Å². The van der Waals surface area contributed by atoms with Crippen LogP contribution in [0.1, 0.15) is 15.9 Å². The van der Waals surface area contributed by atoms with Gasteiger partial charge in [0.15, 0.2) is 11.5 Å². The molecule has 31 heavy (non-hydrogen) atoms. The van der Waals surface area contributed by atoms with Crippen molar-refractivity contribution in [2.45, 2.75) is 6.42 Å². The molecule has 3 aromatic carbocycles. The van der Waals surface area contributed by atoms with E-state index in [0.717, 1.165) is 11.3 Å². The molecule has 0 saturated carbocycles. The Morgan fingerprint density at radius 2 is 1.32 bits per heavy atom. The van der Waals surface area contributed by atoms with Crippen LogP contribution in [0.15, 0.2) is 66.7 Å². The van der Waals surface area contributed by atoms with E-state index in [0.29, 0.717) is 28.4 Å². The highest BCUT2D eigenvalue weighted by atomic mass is 16.5. The van der Waals surface area contributed by atoms with E-state index in [9.17, 15) is 9.59 Å². The second-order valence-electron chi connectivity index (χ2n) is 6.67. The monoisotopic (exact) mass is 420 g/mol. The van der Waals surface area contributed by atoms with Gasteiger partial charge in [-0.15, -0.1) is 0 Å². The number of rotatable bonds is 8. The first-order valence-corrected chi connectivity index (χ1v) is 9.58.